The molecule has 0 saturated heterocycles. The van der Waals surface area contributed by atoms with Crippen LogP contribution in [0.1, 0.15) is 27.2 Å². The fourth-order valence-corrected chi connectivity index (χ4v) is 2.14. The number of hydrogen-bond acceptors (Lipinski definition) is 2. The summed E-state index contributed by atoms with van der Waals surface area (Å²) >= 11 is 1.64. The van der Waals surface area contributed by atoms with Gasteiger partial charge in [0, 0.05) is 5.70 Å². The maximum atomic E-state index is 11.4. The van der Waals surface area contributed by atoms with Crippen molar-refractivity contribution in [3.05, 3.63) is 11.1 Å². The standard InChI is InChI=1S/C9H15NOS/c1-4-7-5-12-8(6(2)3)9(11)10-7/h5-6,8H,4H2,1-3H3,(H,10,11). The van der Waals surface area contributed by atoms with E-state index in [1.807, 2.05) is 6.92 Å². The summed E-state index contributed by atoms with van der Waals surface area (Å²) < 4.78 is 0. The molecule has 1 rings (SSSR count). The second-order valence-corrected chi connectivity index (χ2v) is 4.30. The number of carbonyl (C=O) groups excluding carboxylic acids is 1. The zero-order chi connectivity index (χ0) is 9.14. The molecule has 0 aromatic rings. The topological polar surface area (TPSA) is 29.1 Å². The highest BCUT2D eigenvalue weighted by atomic mass is 32.2. The van der Waals surface area contributed by atoms with Crippen LogP contribution in [0.5, 0.6) is 0 Å². The van der Waals surface area contributed by atoms with Gasteiger partial charge in [0.2, 0.25) is 5.91 Å². The van der Waals surface area contributed by atoms with E-state index in [9.17, 15) is 4.79 Å². The first-order chi connectivity index (χ1) is 5.65. The Labute approximate surface area is 77.8 Å². The molecule has 3 heteroatoms. The molecule has 0 aliphatic carbocycles. The minimum Gasteiger partial charge on any atom is -0.328 e. The van der Waals surface area contributed by atoms with Crippen LogP contribution in [0.2, 0.25) is 0 Å². The van der Waals surface area contributed by atoms with Crippen LogP contribution in [0.15, 0.2) is 11.1 Å². The van der Waals surface area contributed by atoms with Crippen LogP contribution in [0.3, 0.4) is 0 Å². The normalized spacial score (nSPS) is 23.8. The highest BCUT2D eigenvalue weighted by Gasteiger charge is 2.25. The molecule has 0 aromatic carbocycles. The van der Waals surface area contributed by atoms with Gasteiger partial charge in [0.15, 0.2) is 0 Å². The quantitative estimate of drug-likeness (QED) is 0.714. The van der Waals surface area contributed by atoms with E-state index in [1.165, 1.54) is 0 Å². The molecule has 1 amide bonds. The van der Waals surface area contributed by atoms with Crippen molar-refractivity contribution >= 4 is 17.7 Å². The van der Waals surface area contributed by atoms with Gasteiger partial charge in [-0.1, -0.05) is 20.8 Å². The molecule has 12 heavy (non-hydrogen) atoms. The predicted octanol–water partition coefficient (Wildman–Crippen LogP) is 2.13. The van der Waals surface area contributed by atoms with Gasteiger partial charge in [-0.05, 0) is 17.7 Å². The molecule has 0 fully saturated rings. The molecule has 1 unspecified atom stereocenters. The smallest absolute Gasteiger partial charge is 0.237 e. The van der Waals surface area contributed by atoms with Crippen molar-refractivity contribution in [2.45, 2.75) is 32.4 Å². The fraction of sp³-hybridized carbons (Fsp3) is 0.667. The van der Waals surface area contributed by atoms with Gasteiger partial charge in [-0.25, -0.2) is 0 Å². The van der Waals surface area contributed by atoms with Gasteiger partial charge >= 0.3 is 0 Å². The molecule has 1 aliphatic heterocycles. The number of thioether (sulfide) groups is 1. The average molecular weight is 185 g/mol. The van der Waals surface area contributed by atoms with E-state index >= 15 is 0 Å². The molecule has 68 valence electrons. The Balaban J connectivity index is 2.64. The van der Waals surface area contributed by atoms with Crippen molar-refractivity contribution in [1.82, 2.24) is 5.32 Å². The lowest BCUT2D eigenvalue weighted by Crippen LogP contribution is -2.37. The lowest BCUT2D eigenvalue weighted by molar-refractivity contribution is -0.120. The monoisotopic (exact) mass is 185 g/mol. The van der Waals surface area contributed by atoms with Crippen molar-refractivity contribution in [3.63, 3.8) is 0 Å². The van der Waals surface area contributed by atoms with Crippen LogP contribution < -0.4 is 5.32 Å². The Morgan fingerprint density at radius 2 is 2.33 bits per heavy atom. The van der Waals surface area contributed by atoms with E-state index in [0.29, 0.717) is 5.92 Å². The number of carbonyl (C=O) groups is 1. The highest BCUT2D eigenvalue weighted by Crippen LogP contribution is 2.26. The Kier molecular flexibility index (Phi) is 3.20. The van der Waals surface area contributed by atoms with E-state index in [1.54, 1.807) is 11.8 Å². The second-order valence-electron chi connectivity index (χ2n) is 3.29. The van der Waals surface area contributed by atoms with Gasteiger partial charge in [-0.2, -0.15) is 0 Å². The van der Waals surface area contributed by atoms with Gasteiger partial charge in [0.1, 0.15) is 0 Å². The van der Waals surface area contributed by atoms with E-state index in [4.69, 9.17) is 0 Å². The molecule has 1 heterocycles. The molecule has 0 bridgehead atoms. The molecule has 0 saturated carbocycles. The Hall–Kier alpha value is -0.440. The van der Waals surface area contributed by atoms with Gasteiger partial charge < -0.3 is 5.32 Å². The van der Waals surface area contributed by atoms with Gasteiger partial charge in [-0.3, -0.25) is 4.79 Å². The lowest BCUT2D eigenvalue weighted by Gasteiger charge is -2.23. The van der Waals surface area contributed by atoms with Crippen LogP contribution in [0, 0.1) is 5.92 Å². The SMILES string of the molecule is CCC1=CSC(C(C)C)C(=O)N1. The van der Waals surface area contributed by atoms with Crippen molar-refractivity contribution in [3.8, 4) is 0 Å². The van der Waals surface area contributed by atoms with Crippen LogP contribution in [-0.4, -0.2) is 11.2 Å². The molecular weight excluding hydrogens is 170 g/mol. The summed E-state index contributed by atoms with van der Waals surface area (Å²) in [5.41, 5.74) is 1.04. The minimum atomic E-state index is 0.0975. The molecular formula is C9H15NOS. The average Bonchev–Trinajstić information content (AvgIpc) is 2.03. The van der Waals surface area contributed by atoms with Crippen LogP contribution in [0.25, 0.3) is 0 Å². The van der Waals surface area contributed by atoms with Crippen molar-refractivity contribution in [1.29, 1.82) is 0 Å². The first-order valence-corrected chi connectivity index (χ1v) is 5.24. The predicted molar refractivity (Wildman–Crippen MR) is 52.7 cm³/mol. The molecule has 1 aliphatic rings. The maximum Gasteiger partial charge on any atom is 0.237 e. The Bertz CT molecular complexity index is 211. The highest BCUT2D eigenvalue weighted by molar-refractivity contribution is 8.03. The summed E-state index contributed by atoms with van der Waals surface area (Å²) in [7, 11) is 0. The van der Waals surface area contributed by atoms with E-state index in [2.05, 4.69) is 24.6 Å². The second kappa shape index (κ2) is 3.99. The third-order valence-corrected chi connectivity index (χ3v) is 3.36. The Morgan fingerprint density at radius 1 is 1.67 bits per heavy atom. The van der Waals surface area contributed by atoms with Gasteiger partial charge in [-0.15, -0.1) is 11.8 Å². The van der Waals surface area contributed by atoms with Gasteiger partial charge in [0.25, 0.3) is 0 Å². The minimum absolute atomic E-state index is 0.0975. The summed E-state index contributed by atoms with van der Waals surface area (Å²) in [4.78, 5) is 11.4. The maximum absolute atomic E-state index is 11.4. The summed E-state index contributed by atoms with van der Waals surface area (Å²) in [6.45, 7) is 6.19. The number of amides is 1. The first-order valence-electron chi connectivity index (χ1n) is 4.30. The number of allylic oxidation sites excluding steroid dienone is 1. The molecule has 1 atom stereocenters. The molecule has 0 radical (unpaired) electrons. The lowest BCUT2D eigenvalue weighted by atomic mass is 10.1. The third kappa shape index (κ3) is 2.03. The van der Waals surface area contributed by atoms with Crippen LogP contribution in [-0.2, 0) is 4.79 Å². The van der Waals surface area contributed by atoms with Crippen LogP contribution in [0.4, 0.5) is 0 Å². The largest absolute Gasteiger partial charge is 0.328 e. The first kappa shape index (κ1) is 9.65. The Morgan fingerprint density at radius 3 is 2.75 bits per heavy atom. The number of nitrogens with one attached hydrogen (secondary N) is 1. The van der Waals surface area contributed by atoms with Crippen molar-refractivity contribution in [2.75, 3.05) is 0 Å². The fourth-order valence-electron chi connectivity index (χ4n) is 1.11. The van der Waals surface area contributed by atoms with E-state index < -0.39 is 0 Å². The summed E-state index contributed by atoms with van der Waals surface area (Å²) in [6, 6.07) is 0. The van der Waals surface area contributed by atoms with E-state index in [0.717, 1.165) is 12.1 Å². The molecule has 2 nitrogen and oxygen atoms in total. The zero-order valence-corrected chi connectivity index (χ0v) is 8.57. The summed E-state index contributed by atoms with van der Waals surface area (Å²) in [5, 5.41) is 5.06. The number of hydrogen-bond donors (Lipinski definition) is 1. The van der Waals surface area contributed by atoms with Crippen molar-refractivity contribution < 1.29 is 4.79 Å². The van der Waals surface area contributed by atoms with Crippen LogP contribution >= 0.6 is 11.8 Å². The summed E-state index contributed by atoms with van der Waals surface area (Å²) in [5.74, 6) is 0.569. The molecule has 0 spiro atoms. The van der Waals surface area contributed by atoms with Gasteiger partial charge in [0.05, 0.1) is 5.25 Å². The third-order valence-electron chi connectivity index (χ3n) is 1.89. The van der Waals surface area contributed by atoms with Crippen molar-refractivity contribution in [2.24, 2.45) is 5.92 Å². The summed E-state index contributed by atoms with van der Waals surface area (Å²) in [6.07, 6.45) is 0.906. The molecule has 1 N–H and O–H groups in total. The number of rotatable bonds is 2. The van der Waals surface area contributed by atoms with E-state index in [-0.39, 0.29) is 11.2 Å². The molecule has 0 aromatic heterocycles. The zero-order valence-electron chi connectivity index (χ0n) is 7.76.